The van der Waals surface area contributed by atoms with E-state index in [9.17, 15) is 4.79 Å². The Labute approximate surface area is 229 Å². The Morgan fingerprint density at radius 1 is 1.11 bits per heavy atom. The minimum absolute atomic E-state index is 0.342. The number of piperidine rings is 1. The lowest BCUT2D eigenvalue weighted by molar-refractivity contribution is 0.00678. The highest BCUT2D eigenvalue weighted by Crippen LogP contribution is 2.37. The number of aromatic nitrogens is 4. The summed E-state index contributed by atoms with van der Waals surface area (Å²) in [5, 5.41) is 9.35. The summed E-state index contributed by atoms with van der Waals surface area (Å²) in [6, 6.07) is 9.44. The number of ether oxygens (including phenoxy) is 2. The Hall–Kier alpha value is -3.40. The van der Waals surface area contributed by atoms with Crippen molar-refractivity contribution in [2.45, 2.75) is 31.5 Å². The fraction of sp³-hybridized carbons (Fsp3) is 0.333. The molecule has 38 heavy (non-hydrogen) atoms. The molecule has 3 aromatic heterocycles. The van der Waals surface area contributed by atoms with Crippen LogP contribution < -0.4 is 9.64 Å². The van der Waals surface area contributed by atoms with Crippen molar-refractivity contribution in [2.24, 2.45) is 0 Å². The standard InChI is InChI=1S/C27H26Cl2N6O3/c1-16(24-20(28)13-30-14-21(24)29)37-18-4-5-22-19(11-18)25(33-32-22)17-3-6-23(31-12-17)35-15-27(38-26(35)36)7-9-34(2)10-8-27/h3-6,11-14,16H,7-10,15H2,1-2H3,(H,32,33). The number of aromatic amines is 1. The van der Waals surface area contributed by atoms with E-state index in [0.717, 1.165) is 48.1 Å². The molecule has 0 radical (unpaired) electrons. The summed E-state index contributed by atoms with van der Waals surface area (Å²) in [5.41, 5.74) is 2.65. The lowest BCUT2D eigenvalue weighted by atomic mass is 9.91. The number of amides is 1. The third kappa shape index (κ3) is 4.55. The first-order valence-electron chi connectivity index (χ1n) is 12.4. The fourth-order valence-electron chi connectivity index (χ4n) is 5.13. The van der Waals surface area contributed by atoms with Crippen molar-refractivity contribution in [1.82, 2.24) is 25.1 Å². The number of anilines is 1. The minimum Gasteiger partial charge on any atom is -0.486 e. The Balaban J connectivity index is 1.23. The molecule has 2 aliphatic heterocycles. The second kappa shape index (κ2) is 9.72. The number of carbonyl (C=O) groups excluding carboxylic acids is 1. The van der Waals surface area contributed by atoms with E-state index in [-0.39, 0.29) is 12.2 Å². The molecule has 0 saturated carbocycles. The highest BCUT2D eigenvalue weighted by molar-refractivity contribution is 6.35. The normalized spacial score (nSPS) is 18.2. The second-order valence-corrected chi connectivity index (χ2v) is 10.7. The molecule has 1 N–H and O–H groups in total. The lowest BCUT2D eigenvalue weighted by Gasteiger charge is -2.35. The van der Waals surface area contributed by atoms with Gasteiger partial charge in [0.2, 0.25) is 0 Å². The van der Waals surface area contributed by atoms with E-state index in [1.807, 2.05) is 37.3 Å². The van der Waals surface area contributed by atoms with Crippen LogP contribution in [-0.4, -0.2) is 63.4 Å². The zero-order chi connectivity index (χ0) is 26.4. The van der Waals surface area contributed by atoms with Crippen LogP contribution in [0.1, 0.15) is 31.4 Å². The molecule has 1 amide bonds. The third-order valence-electron chi connectivity index (χ3n) is 7.31. The Morgan fingerprint density at radius 2 is 1.87 bits per heavy atom. The number of fused-ring (bicyclic) bond motifs is 1. The van der Waals surface area contributed by atoms with E-state index in [1.54, 1.807) is 23.5 Å². The Bertz CT molecular complexity index is 1480. The van der Waals surface area contributed by atoms with E-state index in [2.05, 4.69) is 32.1 Å². The number of hydrogen-bond acceptors (Lipinski definition) is 7. The number of hydrogen-bond donors (Lipinski definition) is 1. The maximum atomic E-state index is 12.7. The summed E-state index contributed by atoms with van der Waals surface area (Å²) in [6.45, 7) is 4.22. The number of pyridine rings is 2. The van der Waals surface area contributed by atoms with Gasteiger partial charge in [-0.3, -0.25) is 15.0 Å². The van der Waals surface area contributed by atoms with Crippen molar-refractivity contribution in [1.29, 1.82) is 0 Å². The summed E-state index contributed by atoms with van der Waals surface area (Å²) in [7, 11) is 2.09. The number of rotatable bonds is 5. The SMILES string of the molecule is CC(Oc1ccc2[nH]nc(-c3ccc(N4CC5(CCN(C)CC5)OC4=O)nc3)c2c1)c1c(Cl)cncc1Cl. The lowest BCUT2D eigenvalue weighted by Crippen LogP contribution is -2.45. The summed E-state index contributed by atoms with van der Waals surface area (Å²) in [6.07, 6.45) is 5.74. The van der Waals surface area contributed by atoms with Crippen LogP contribution in [0.4, 0.5) is 10.6 Å². The number of nitrogens with zero attached hydrogens (tertiary/aromatic N) is 5. The topological polar surface area (TPSA) is 96.5 Å². The van der Waals surface area contributed by atoms with Gasteiger partial charge in [0, 0.05) is 61.0 Å². The molecule has 9 nitrogen and oxygen atoms in total. The molecule has 1 atom stereocenters. The molecule has 2 saturated heterocycles. The zero-order valence-electron chi connectivity index (χ0n) is 20.9. The van der Waals surface area contributed by atoms with Gasteiger partial charge in [0.1, 0.15) is 29.0 Å². The first-order valence-corrected chi connectivity index (χ1v) is 13.2. The first kappa shape index (κ1) is 24.9. The maximum absolute atomic E-state index is 12.7. The van der Waals surface area contributed by atoms with Crippen molar-refractivity contribution in [3.05, 3.63) is 64.5 Å². The van der Waals surface area contributed by atoms with Gasteiger partial charge in [0.15, 0.2) is 0 Å². The number of likely N-dealkylation sites (tertiary alicyclic amines) is 1. The van der Waals surface area contributed by atoms with Gasteiger partial charge in [-0.05, 0) is 44.3 Å². The summed E-state index contributed by atoms with van der Waals surface area (Å²) < 4.78 is 12.0. The number of H-pyrrole nitrogens is 1. The molecule has 1 unspecified atom stereocenters. The highest BCUT2D eigenvalue weighted by atomic mass is 35.5. The molecular formula is C27H26Cl2N6O3. The van der Waals surface area contributed by atoms with Crippen molar-refractivity contribution < 1.29 is 14.3 Å². The van der Waals surface area contributed by atoms with E-state index < -0.39 is 5.60 Å². The van der Waals surface area contributed by atoms with Crippen molar-refractivity contribution >= 4 is 46.0 Å². The van der Waals surface area contributed by atoms with E-state index in [1.165, 1.54) is 0 Å². The van der Waals surface area contributed by atoms with Crippen LogP contribution >= 0.6 is 23.2 Å². The smallest absolute Gasteiger partial charge is 0.416 e. The summed E-state index contributed by atoms with van der Waals surface area (Å²) in [4.78, 5) is 25.2. The average Bonchev–Trinajstić information content (AvgIpc) is 3.46. The van der Waals surface area contributed by atoms with E-state index in [0.29, 0.717) is 33.7 Å². The molecule has 0 aliphatic carbocycles. The van der Waals surface area contributed by atoms with Gasteiger partial charge in [-0.15, -0.1) is 0 Å². The molecule has 6 rings (SSSR count). The van der Waals surface area contributed by atoms with E-state index >= 15 is 0 Å². The quantitative estimate of drug-likeness (QED) is 0.329. The van der Waals surface area contributed by atoms with Gasteiger partial charge in [-0.25, -0.2) is 9.78 Å². The molecule has 1 spiro atoms. The van der Waals surface area contributed by atoms with Crippen LogP contribution in [-0.2, 0) is 4.74 Å². The molecule has 5 heterocycles. The van der Waals surface area contributed by atoms with Crippen molar-refractivity contribution in [2.75, 3.05) is 31.6 Å². The van der Waals surface area contributed by atoms with Crippen LogP contribution in [0.5, 0.6) is 5.75 Å². The van der Waals surface area contributed by atoms with Crippen LogP contribution in [0.2, 0.25) is 10.0 Å². The van der Waals surface area contributed by atoms with Crippen LogP contribution in [0.15, 0.2) is 48.9 Å². The van der Waals surface area contributed by atoms with Gasteiger partial charge in [0.25, 0.3) is 0 Å². The predicted octanol–water partition coefficient (Wildman–Crippen LogP) is 5.89. The third-order valence-corrected chi connectivity index (χ3v) is 7.91. The maximum Gasteiger partial charge on any atom is 0.416 e. The zero-order valence-corrected chi connectivity index (χ0v) is 22.5. The summed E-state index contributed by atoms with van der Waals surface area (Å²) in [5.74, 6) is 1.21. The second-order valence-electron chi connectivity index (χ2n) is 9.90. The van der Waals surface area contributed by atoms with Crippen molar-refractivity contribution in [3.63, 3.8) is 0 Å². The molecule has 11 heteroatoms. The molecule has 0 bridgehead atoms. The molecule has 2 fully saturated rings. The minimum atomic E-state index is -0.430. The molecule has 1 aromatic carbocycles. The van der Waals surface area contributed by atoms with Gasteiger partial charge in [-0.2, -0.15) is 5.10 Å². The Morgan fingerprint density at radius 3 is 2.58 bits per heavy atom. The number of halogens is 2. The van der Waals surface area contributed by atoms with Crippen molar-refractivity contribution in [3.8, 4) is 17.0 Å². The van der Waals surface area contributed by atoms with Gasteiger partial charge >= 0.3 is 6.09 Å². The molecule has 4 aromatic rings. The van der Waals surface area contributed by atoms with Gasteiger partial charge in [0.05, 0.1) is 22.1 Å². The predicted molar refractivity (Wildman–Crippen MR) is 146 cm³/mol. The first-order chi connectivity index (χ1) is 18.3. The highest BCUT2D eigenvalue weighted by Gasteiger charge is 2.47. The molecule has 196 valence electrons. The number of carbonyl (C=O) groups is 1. The molecular weight excluding hydrogens is 527 g/mol. The van der Waals surface area contributed by atoms with Crippen LogP contribution in [0, 0.1) is 0 Å². The molecule has 2 aliphatic rings. The largest absolute Gasteiger partial charge is 0.486 e. The van der Waals surface area contributed by atoms with E-state index in [4.69, 9.17) is 32.7 Å². The fourth-order valence-corrected chi connectivity index (χ4v) is 5.80. The monoisotopic (exact) mass is 552 g/mol. The number of benzene rings is 1. The van der Waals surface area contributed by atoms with Gasteiger partial charge < -0.3 is 14.4 Å². The Kier molecular flexibility index (Phi) is 6.37. The van der Waals surface area contributed by atoms with Gasteiger partial charge in [-0.1, -0.05) is 23.2 Å². The number of nitrogens with one attached hydrogen (secondary N) is 1. The average molecular weight is 553 g/mol. The summed E-state index contributed by atoms with van der Waals surface area (Å²) >= 11 is 12.6. The van der Waals surface area contributed by atoms with Crippen LogP contribution in [0.25, 0.3) is 22.2 Å². The van der Waals surface area contributed by atoms with Crippen LogP contribution in [0.3, 0.4) is 0 Å².